The number of nitro benzene ring substituents is 1. The van der Waals surface area contributed by atoms with Gasteiger partial charge in [-0.15, -0.1) is 0 Å². The fraction of sp³-hybridized carbons (Fsp3) is 0.375. The minimum atomic E-state index is -0.429. The number of methoxy groups -OCH3 is 1. The Morgan fingerprint density at radius 2 is 2.09 bits per heavy atom. The van der Waals surface area contributed by atoms with E-state index >= 15 is 0 Å². The van der Waals surface area contributed by atoms with Gasteiger partial charge in [-0.2, -0.15) is 5.10 Å². The van der Waals surface area contributed by atoms with Crippen LogP contribution in [0.2, 0.25) is 0 Å². The second-order valence-corrected chi connectivity index (χ2v) is 8.05. The number of aromatic nitrogens is 2. The van der Waals surface area contributed by atoms with Gasteiger partial charge in [-0.1, -0.05) is 31.2 Å². The summed E-state index contributed by atoms with van der Waals surface area (Å²) in [7, 11) is 1.49. The van der Waals surface area contributed by atoms with Crippen LogP contribution in [-0.4, -0.2) is 40.2 Å². The summed E-state index contributed by atoms with van der Waals surface area (Å²) in [6, 6.07) is 11.1. The predicted molar refractivity (Wildman–Crippen MR) is 122 cm³/mol. The molecule has 0 bridgehead atoms. The average molecular weight is 437 g/mol. The number of aryl methyl sites for hydroxylation is 1. The number of hydrogen-bond acceptors (Lipinski definition) is 6. The van der Waals surface area contributed by atoms with Crippen LogP contribution in [0, 0.1) is 17.0 Å². The predicted octanol–water partition coefficient (Wildman–Crippen LogP) is 4.65. The van der Waals surface area contributed by atoms with Gasteiger partial charge in [-0.25, -0.2) is 0 Å². The molecule has 0 spiro atoms. The molecular formula is C24H28N4O4. The number of benzene rings is 2. The van der Waals surface area contributed by atoms with Gasteiger partial charge >= 0.3 is 5.69 Å². The zero-order valence-corrected chi connectivity index (χ0v) is 18.7. The average Bonchev–Trinajstić information content (AvgIpc) is 3.21. The molecule has 1 aliphatic heterocycles. The molecule has 0 amide bonds. The van der Waals surface area contributed by atoms with Crippen molar-refractivity contribution in [3.63, 3.8) is 0 Å². The van der Waals surface area contributed by atoms with Crippen LogP contribution in [0.1, 0.15) is 35.7 Å². The van der Waals surface area contributed by atoms with Gasteiger partial charge < -0.3 is 9.47 Å². The molecule has 0 aliphatic carbocycles. The standard InChI is InChI=1S/C24H28N4O4/c1-4-10-27-11-9-20-19(14-27)23(26-25-20)18-12-21(28(29)30)24(22(13-18)31-3)32-15-17-8-6-5-7-16(17)2/h5-8,12-13H,4,9-11,14-15H2,1-3H3,(H,25,26). The Labute approximate surface area is 187 Å². The topological polar surface area (TPSA) is 93.5 Å². The maximum atomic E-state index is 11.9. The molecule has 2 heterocycles. The fourth-order valence-corrected chi connectivity index (χ4v) is 4.18. The Hall–Kier alpha value is -3.39. The Morgan fingerprint density at radius 3 is 2.81 bits per heavy atom. The van der Waals surface area contributed by atoms with Gasteiger partial charge in [-0.3, -0.25) is 20.1 Å². The van der Waals surface area contributed by atoms with E-state index in [0.29, 0.717) is 11.3 Å². The van der Waals surface area contributed by atoms with Gasteiger partial charge in [0, 0.05) is 42.4 Å². The van der Waals surface area contributed by atoms with E-state index in [1.807, 2.05) is 31.2 Å². The van der Waals surface area contributed by atoms with Crippen LogP contribution in [0.3, 0.4) is 0 Å². The monoisotopic (exact) mass is 436 g/mol. The lowest BCUT2D eigenvalue weighted by Gasteiger charge is -2.26. The third-order valence-corrected chi connectivity index (χ3v) is 5.91. The highest BCUT2D eigenvalue weighted by atomic mass is 16.6. The van der Waals surface area contributed by atoms with Crippen molar-refractivity contribution < 1.29 is 14.4 Å². The summed E-state index contributed by atoms with van der Waals surface area (Å²) in [5.41, 5.74) is 5.45. The van der Waals surface area contributed by atoms with Gasteiger partial charge in [-0.05, 0) is 37.1 Å². The maximum Gasteiger partial charge on any atom is 0.315 e. The quantitative estimate of drug-likeness (QED) is 0.408. The molecule has 8 nitrogen and oxygen atoms in total. The summed E-state index contributed by atoms with van der Waals surface area (Å²) in [6.07, 6.45) is 1.97. The van der Waals surface area contributed by atoms with Crippen LogP contribution in [0.15, 0.2) is 36.4 Å². The fourth-order valence-electron chi connectivity index (χ4n) is 4.18. The number of H-pyrrole nitrogens is 1. The number of ether oxygens (including phenoxy) is 2. The first-order chi connectivity index (χ1) is 15.5. The first-order valence-electron chi connectivity index (χ1n) is 10.8. The van der Waals surface area contributed by atoms with Gasteiger partial charge in [0.15, 0.2) is 5.75 Å². The van der Waals surface area contributed by atoms with Crippen LogP contribution in [-0.2, 0) is 19.6 Å². The van der Waals surface area contributed by atoms with E-state index in [1.54, 1.807) is 6.07 Å². The van der Waals surface area contributed by atoms with Gasteiger partial charge in [0.25, 0.3) is 0 Å². The van der Waals surface area contributed by atoms with E-state index in [1.165, 1.54) is 13.2 Å². The minimum Gasteiger partial charge on any atom is -0.493 e. The summed E-state index contributed by atoms with van der Waals surface area (Å²) in [4.78, 5) is 13.9. The van der Waals surface area contributed by atoms with Crippen molar-refractivity contribution in [1.29, 1.82) is 0 Å². The Bertz CT molecular complexity index is 1130. The lowest BCUT2D eigenvalue weighted by Crippen LogP contribution is -2.31. The number of nitrogens with zero attached hydrogens (tertiary/aromatic N) is 3. The van der Waals surface area contributed by atoms with E-state index in [0.717, 1.165) is 60.6 Å². The number of nitro groups is 1. The Balaban J connectivity index is 1.70. The van der Waals surface area contributed by atoms with Crippen LogP contribution in [0.4, 0.5) is 5.69 Å². The molecule has 1 aromatic heterocycles. The van der Waals surface area contributed by atoms with E-state index in [9.17, 15) is 10.1 Å². The molecule has 32 heavy (non-hydrogen) atoms. The molecule has 3 aromatic rings. The number of fused-ring (bicyclic) bond motifs is 1. The summed E-state index contributed by atoms with van der Waals surface area (Å²) >= 11 is 0. The van der Waals surface area contributed by atoms with Crippen LogP contribution in [0.5, 0.6) is 11.5 Å². The molecule has 1 N–H and O–H groups in total. The lowest BCUT2D eigenvalue weighted by molar-refractivity contribution is -0.386. The molecule has 0 radical (unpaired) electrons. The van der Waals surface area contributed by atoms with E-state index in [4.69, 9.17) is 9.47 Å². The van der Waals surface area contributed by atoms with Crippen LogP contribution in [0.25, 0.3) is 11.3 Å². The van der Waals surface area contributed by atoms with Crippen LogP contribution >= 0.6 is 0 Å². The summed E-state index contributed by atoms with van der Waals surface area (Å²) in [5.74, 6) is 0.447. The smallest absolute Gasteiger partial charge is 0.315 e. The highest BCUT2D eigenvalue weighted by molar-refractivity contribution is 5.73. The number of nitrogens with one attached hydrogen (secondary N) is 1. The molecule has 4 rings (SSSR count). The highest BCUT2D eigenvalue weighted by Crippen LogP contribution is 2.42. The largest absolute Gasteiger partial charge is 0.493 e. The Morgan fingerprint density at radius 1 is 1.28 bits per heavy atom. The first kappa shape index (κ1) is 21.8. The van der Waals surface area contributed by atoms with Crippen molar-refractivity contribution in [3.05, 3.63) is 68.9 Å². The van der Waals surface area contributed by atoms with E-state index < -0.39 is 4.92 Å². The minimum absolute atomic E-state index is 0.126. The summed E-state index contributed by atoms with van der Waals surface area (Å²) in [6.45, 7) is 7.13. The maximum absolute atomic E-state index is 11.9. The zero-order chi connectivity index (χ0) is 22.7. The van der Waals surface area contributed by atoms with Gasteiger partial charge in [0.2, 0.25) is 5.75 Å². The lowest BCUT2D eigenvalue weighted by atomic mass is 10.00. The summed E-state index contributed by atoms with van der Waals surface area (Å²) in [5, 5.41) is 19.6. The molecule has 1 aliphatic rings. The second kappa shape index (κ2) is 9.40. The third-order valence-electron chi connectivity index (χ3n) is 5.91. The van der Waals surface area contributed by atoms with Crippen molar-refractivity contribution in [2.75, 3.05) is 20.2 Å². The SMILES string of the molecule is CCCN1CCc2[nH]nc(-c3cc(OC)c(OCc4ccccc4C)c([N+](=O)[O-])c3)c2C1. The number of rotatable bonds is 8. The van der Waals surface area contributed by atoms with Crippen molar-refractivity contribution >= 4 is 5.69 Å². The molecule has 8 heteroatoms. The van der Waals surface area contributed by atoms with Crippen molar-refractivity contribution in [2.45, 2.75) is 39.8 Å². The van der Waals surface area contributed by atoms with Crippen LogP contribution < -0.4 is 9.47 Å². The highest BCUT2D eigenvalue weighted by Gasteiger charge is 2.27. The Kier molecular flexibility index (Phi) is 6.41. The van der Waals surface area contributed by atoms with Crippen molar-refractivity contribution in [2.24, 2.45) is 0 Å². The molecule has 0 atom stereocenters. The number of hydrogen-bond donors (Lipinski definition) is 1. The molecule has 0 unspecified atom stereocenters. The van der Waals surface area contributed by atoms with Crippen molar-refractivity contribution in [3.8, 4) is 22.8 Å². The molecule has 168 valence electrons. The normalized spacial score (nSPS) is 13.6. The van der Waals surface area contributed by atoms with Gasteiger partial charge in [0.05, 0.1) is 17.7 Å². The third kappa shape index (κ3) is 4.31. The second-order valence-electron chi connectivity index (χ2n) is 8.05. The molecule has 0 saturated heterocycles. The number of aromatic amines is 1. The van der Waals surface area contributed by atoms with Crippen molar-refractivity contribution in [1.82, 2.24) is 15.1 Å². The molecule has 2 aromatic carbocycles. The summed E-state index contributed by atoms with van der Waals surface area (Å²) < 4.78 is 11.4. The molecule has 0 saturated carbocycles. The zero-order valence-electron chi connectivity index (χ0n) is 18.7. The van der Waals surface area contributed by atoms with Gasteiger partial charge in [0.1, 0.15) is 6.61 Å². The molecular weight excluding hydrogens is 408 g/mol. The van der Waals surface area contributed by atoms with E-state index in [2.05, 4.69) is 22.0 Å². The van der Waals surface area contributed by atoms with E-state index in [-0.39, 0.29) is 18.0 Å². The molecule has 0 fully saturated rings. The first-order valence-corrected chi connectivity index (χ1v) is 10.8.